The van der Waals surface area contributed by atoms with Crippen molar-refractivity contribution in [1.29, 1.82) is 0 Å². The van der Waals surface area contributed by atoms with E-state index in [1.54, 1.807) is 13.4 Å². The van der Waals surface area contributed by atoms with Gasteiger partial charge in [0.1, 0.15) is 16.9 Å². The molecule has 1 aliphatic rings. The van der Waals surface area contributed by atoms with Crippen LogP contribution in [0.5, 0.6) is 5.75 Å². The molecule has 4 rings (SSSR count). The molecule has 2 heterocycles. The molecule has 30 heavy (non-hydrogen) atoms. The topological polar surface area (TPSA) is 85.1 Å². The second-order valence-corrected chi connectivity index (χ2v) is 8.08. The number of anilines is 1. The first kappa shape index (κ1) is 20.2. The van der Waals surface area contributed by atoms with Crippen molar-refractivity contribution in [3.63, 3.8) is 0 Å². The number of terminal acetylenes is 1. The molecule has 1 saturated carbocycles. The summed E-state index contributed by atoms with van der Waals surface area (Å²) < 4.78 is 7.12. The number of nitrogens with one attached hydrogen (secondary N) is 1. The Kier molecular flexibility index (Phi) is 5.60. The van der Waals surface area contributed by atoms with E-state index in [4.69, 9.17) is 21.1 Å². The van der Waals surface area contributed by atoms with Gasteiger partial charge in [-0.15, -0.1) is 6.42 Å². The van der Waals surface area contributed by atoms with Gasteiger partial charge < -0.3 is 19.7 Å². The largest absolute Gasteiger partial charge is 0.497 e. The SMILES string of the molecule is C#CCn1cnc2c(NCc3cccc(OC)c3)nc([C@]3(O)CCC[C@@H](C)C3)nc21. The molecule has 0 amide bonds. The number of aromatic nitrogens is 4. The zero-order valence-electron chi connectivity index (χ0n) is 17.4. The van der Waals surface area contributed by atoms with E-state index in [0.29, 0.717) is 54.7 Å². The van der Waals surface area contributed by atoms with Gasteiger partial charge in [-0.25, -0.2) is 15.0 Å². The van der Waals surface area contributed by atoms with Crippen LogP contribution < -0.4 is 10.1 Å². The number of fused-ring (bicyclic) bond motifs is 1. The summed E-state index contributed by atoms with van der Waals surface area (Å²) in [6.07, 6.45) is 10.6. The minimum Gasteiger partial charge on any atom is -0.497 e. The van der Waals surface area contributed by atoms with Gasteiger partial charge in [0.05, 0.1) is 20.0 Å². The number of methoxy groups -OCH3 is 1. The summed E-state index contributed by atoms with van der Waals surface area (Å²) in [7, 11) is 1.65. The van der Waals surface area contributed by atoms with Crippen molar-refractivity contribution in [3.05, 3.63) is 42.0 Å². The van der Waals surface area contributed by atoms with E-state index in [9.17, 15) is 5.11 Å². The van der Waals surface area contributed by atoms with Crippen LogP contribution in [0.25, 0.3) is 11.2 Å². The molecule has 2 N–H and O–H groups in total. The predicted octanol–water partition coefficient (Wildman–Crippen LogP) is 3.48. The van der Waals surface area contributed by atoms with Crippen LogP contribution in [0.3, 0.4) is 0 Å². The Bertz CT molecular complexity index is 1090. The fourth-order valence-electron chi connectivity index (χ4n) is 4.18. The lowest BCUT2D eigenvalue weighted by Crippen LogP contribution is -2.34. The van der Waals surface area contributed by atoms with Crippen molar-refractivity contribution in [2.75, 3.05) is 12.4 Å². The monoisotopic (exact) mass is 405 g/mol. The fourth-order valence-corrected chi connectivity index (χ4v) is 4.18. The summed E-state index contributed by atoms with van der Waals surface area (Å²) in [5.41, 5.74) is 1.29. The quantitative estimate of drug-likeness (QED) is 0.611. The van der Waals surface area contributed by atoms with Gasteiger partial charge in [0, 0.05) is 6.54 Å². The maximum absolute atomic E-state index is 11.4. The Morgan fingerprint density at radius 2 is 2.27 bits per heavy atom. The summed E-state index contributed by atoms with van der Waals surface area (Å²) in [6, 6.07) is 7.85. The highest BCUT2D eigenvalue weighted by Crippen LogP contribution is 2.39. The van der Waals surface area contributed by atoms with E-state index < -0.39 is 5.60 Å². The average molecular weight is 406 g/mol. The Morgan fingerprint density at radius 3 is 3.03 bits per heavy atom. The summed E-state index contributed by atoms with van der Waals surface area (Å²) >= 11 is 0. The summed E-state index contributed by atoms with van der Waals surface area (Å²) in [5, 5.41) is 14.7. The number of hydrogen-bond acceptors (Lipinski definition) is 6. The van der Waals surface area contributed by atoms with E-state index in [2.05, 4.69) is 23.1 Å². The summed E-state index contributed by atoms with van der Waals surface area (Å²) in [6.45, 7) is 3.06. The van der Waals surface area contributed by atoms with Crippen LogP contribution in [0.2, 0.25) is 0 Å². The highest BCUT2D eigenvalue weighted by atomic mass is 16.5. The van der Waals surface area contributed by atoms with Gasteiger partial charge in [0.2, 0.25) is 0 Å². The highest BCUT2D eigenvalue weighted by Gasteiger charge is 2.38. The van der Waals surface area contributed by atoms with Crippen LogP contribution in [0, 0.1) is 18.3 Å². The molecule has 0 aliphatic heterocycles. The number of imidazole rings is 1. The molecule has 1 aliphatic carbocycles. The van der Waals surface area contributed by atoms with Crippen LogP contribution >= 0.6 is 0 Å². The standard InChI is InChI=1S/C23H27N5O2/c1-4-11-28-15-25-19-20(24-14-17-8-5-9-18(12-17)30-3)26-22(27-21(19)28)23(29)10-6-7-16(2)13-23/h1,5,8-9,12,15-16,29H,6-7,10-11,13-14H2,2-3H3,(H,24,26,27)/t16-,23+/m1/s1. The van der Waals surface area contributed by atoms with E-state index >= 15 is 0 Å². The first-order valence-corrected chi connectivity index (χ1v) is 10.3. The van der Waals surface area contributed by atoms with Crippen molar-refractivity contribution in [1.82, 2.24) is 19.5 Å². The minimum absolute atomic E-state index is 0.358. The van der Waals surface area contributed by atoms with Crippen molar-refractivity contribution in [2.45, 2.75) is 51.3 Å². The molecule has 156 valence electrons. The highest BCUT2D eigenvalue weighted by molar-refractivity contribution is 5.83. The van der Waals surface area contributed by atoms with Crippen LogP contribution in [-0.4, -0.2) is 31.7 Å². The lowest BCUT2D eigenvalue weighted by atomic mass is 9.78. The summed E-state index contributed by atoms with van der Waals surface area (Å²) in [4.78, 5) is 13.9. The molecule has 0 unspecified atom stereocenters. The normalized spacial score (nSPS) is 21.3. The first-order chi connectivity index (χ1) is 14.5. The zero-order chi connectivity index (χ0) is 21.1. The van der Waals surface area contributed by atoms with Crippen LogP contribution in [0.15, 0.2) is 30.6 Å². The number of nitrogens with zero attached hydrogens (tertiary/aromatic N) is 4. The van der Waals surface area contributed by atoms with Crippen molar-refractivity contribution in [2.24, 2.45) is 5.92 Å². The molecular formula is C23H27N5O2. The molecule has 1 fully saturated rings. The number of benzene rings is 1. The minimum atomic E-state index is -1.04. The van der Waals surface area contributed by atoms with Crippen molar-refractivity contribution in [3.8, 4) is 18.1 Å². The van der Waals surface area contributed by atoms with Crippen molar-refractivity contribution >= 4 is 17.0 Å². The lowest BCUT2D eigenvalue weighted by Gasteiger charge is -2.34. The molecule has 3 aromatic rings. The third kappa shape index (κ3) is 3.96. The number of aliphatic hydroxyl groups is 1. The molecule has 7 nitrogen and oxygen atoms in total. The van der Waals surface area contributed by atoms with Gasteiger partial charge in [-0.3, -0.25) is 0 Å². The number of hydrogen-bond donors (Lipinski definition) is 2. The van der Waals surface area contributed by atoms with Gasteiger partial charge in [-0.05, 0) is 42.9 Å². The van der Waals surface area contributed by atoms with Gasteiger partial charge in [-0.1, -0.05) is 31.4 Å². The molecule has 0 bridgehead atoms. The molecule has 7 heteroatoms. The van der Waals surface area contributed by atoms with E-state index in [0.717, 1.165) is 24.2 Å². The smallest absolute Gasteiger partial charge is 0.166 e. The van der Waals surface area contributed by atoms with Crippen LogP contribution in [-0.2, 0) is 18.7 Å². The maximum Gasteiger partial charge on any atom is 0.166 e. The van der Waals surface area contributed by atoms with Gasteiger partial charge in [0.15, 0.2) is 17.3 Å². The molecule has 0 saturated heterocycles. The average Bonchev–Trinajstić information content (AvgIpc) is 3.15. The molecule has 0 radical (unpaired) electrons. The predicted molar refractivity (Wildman–Crippen MR) is 116 cm³/mol. The van der Waals surface area contributed by atoms with E-state index in [1.807, 2.05) is 28.8 Å². The van der Waals surface area contributed by atoms with Crippen molar-refractivity contribution < 1.29 is 9.84 Å². The lowest BCUT2D eigenvalue weighted by molar-refractivity contribution is -0.0253. The van der Waals surface area contributed by atoms with Crippen LogP contribution in [0.1, 0.15) is 44.0 Å². The van der Waals surface area contributed by atoms with E-state index in [-0.39, 0.29) is 0 Å². The Balaban J connectivity index is 1.72. The Labute approximate surface area is 176 Å². The number of rotatable bonds is 6. The molecule has 1 aromatic carbocycles. The van der Waals surface area contributed by atoms with Gasteiger partial charge in [0.25, 0.3) is 0 Å². The Hall–Kier alpha value is -3.11. The molecule has 2 atom stereocenters. The maximum atomic E-state index is 11.4. The van der Waals surface area contributed by atoms with Gasteiger partial charge >= 0.3 is 0 Å². The van der Waals surface area contributed by atoms with E-state index in [1.165, 1.54) is 0 Å². The number of ether oxygens (including phenoxy) is 1. The second-order valence-electron chi connectivity index (χ2n) is 8.08. The summed E-state index contributed by atoms with van der Waals surface area (Å²) in [5.74, 6) is 4.89. The molecular weight excluding hydrogens is 378 g/mol. The third-order valence-corrected chi connectivity index (χ3v) is 5.71. The molecule has 0 spiro atoms. The second kappa shape index (κ2) is 8.33. The fraction of sp³-hybridized carbons (Fsp3) is 0.435. The van der Waals surface area contributed by atoms with Gasteiger partial charge in [-0.2, -0.15) is 0 Å². The molecule has 2 aromatic heterocycles. The Morgan fingerprint density at radius 1 is 1.40 bits per heavy atom. The first-order valence-electron chi connectivity index (χ1n) is 10.3. The third-order valence-electron chi connectivity index (χ3n) is 5.71. The van der Waals surface area contributed by atoms with Crippen LogP contribution in [0.4, 0.5) is 5.82 Å². The zero-order valence-corrected chi connectivity index (χ0v) is 17.4.